The molecule has 0 saturated heterocycles. The third-order valence-electron chi connectivity index (χ3n) is 6.76. The van der Waals surface area contributed by atoms with Crippen molar-refractivity contribution in [1.29, 1.82) is 0 Å². The molecular formula is C28H54OS2. The summed E-state index contributed by atoms with van der Waals surface area (Å²) in [5.74, 6) is 3.17. The molecule has 0 bridgehead atoms. The van der Waals surface area contributed by atoms with Gasteiger partial charge in [-0.15, -0.1) is 0 Å². The van der Waals surface area contributed by atoms with E-state index in [0.717, 1.165) is 6.42 Å². The van der Waals surface area contributed by atoms with Crippen molar-refractivity contribution in [3.63, 3.8) is 0 Å². The average molecular weight is 471 g/mol. The Morgan fingerprint density at radius 1 is 0.613 bits per heavy atom. The minimum Gasteiger partial charge on any atom is -0.507 e. The van der Waals surface area contributed by atoms with Crippen molar-refractivity contribution in [3.05, 3.63) is 17.7 Å². The van der Waals surface area contributed by atoms with E-state index in [0.29, 0.717) is 5.75 Å². The first kappa shape index (κ1) is 28.8. The van der Waals surface area contributed by atoms with Crippen molar-refractivity contribution in [2.75, 3.05) is 36.5 Å². The normalized spacial score (nSPS) is 13.5. The van der Waals surface area contributed by atoms with Crippen molar-refractivity contribution in [3.8, 4) is 5.75 Å². The number of aryl methyl sites for hydroxylation is 1. The van der Waals surface area contributed by atoms with Gasteiger partial charge < -0.3 is 5.11 Å². The molecule has 0 aliphatic carbocycles. The number of phenols is 1. The van der Waals surface area contributed by atoms with Crippen molar-refractivity contribution < 1.29 is 5.11 Å². The Morgan fingerprint density at radius 3 is 1.55 bits per heavy atom. The predicted molar refractivity (Wildman–Crippen MR) is 149 cm³/mol. The number of phenolic OH excluding ortho intramolecular Hbond substituents is 1. The van der Waals surface area contributed by atoms with Crippen LogP contribution in [0.25, 0.3) is 0 Å². The van der Waals surface area contributed by atoms with Crippen molar-refractivity contribution in [1.82, 2.24) is 0 Å². The van der Waals surface area contributed by atoms with E-state index in [1.807, 2.05) is 0 Å². The maximum Gasteiger partial charge on any atom is 0.130 e. The summed E-state index contributed by atoms with van der Waals surface area (Å²) in [7, 11) is -1.79. The fraction of sp³-hybridized carbons (Fsp3) is 0.786. The maximum atomic E-state index is 11.1. The van der Waals surface area contributed by atoms with Gasteiger partial charge in [0.25, 0.3) is 0 Å². The van der Waals surface area contributed by atoms with E-state index in [9.17, 15) is 5.11 Å². The van der Waals surface area contributed by atoms with Crippen LogP contribution in [-0.2, 0) is 6.42 Å². The van der Waals surface area contributed by atoms with Crippen LogP contribution in [-0.4, -0.2) is 41.6 Å². The van der Waals surface area contributed by atoms with Crippen molar-refractivity contribution in [2.24, 2.45) is 0 Å². The first-order valence-electron chi connectivity index (χ1n) is 13.0. The minimum atomic E-state index is -0.971. The Morgan fingerprint density at radius 2 is 1.06 bits per heavy atom. The Hall–Kier alpha value is -0.280. The molecule has 0 spiro atoms. The second kappa shape index (κ2) is 14.8. The molecule has 0 aliphatic heterocycles. The molecule has 1 nitrogen and oxygen atoms in total. The fourth-order valence-corrected chi connectivity index (χ4v) is 8.74. The molecule has 0 heterocycles. The summed E-state index contributed by atoms with van der Waals surface area (Å²) in [4.78, 5) is 2.80. The molecule has 0 unspecified atom stereocenters. The van der Waals surface area contributed by atoms with Gasteiger partial charge in [-0.05, 0) is 78.4 Å². The van der Waals surface area contributed by atoms with Gasteiger partial charge in [-0.1, -0.05) is 85.0 Å². The first-order chi connectivity index (χ1) is 14.7. The monoisotopic (exact) mass is 470 g/mol. The summed E-state index contributed by atoms with van der Waals surface area (Å²) in [6.07, 6.45) is 27.0. The third kappa shape index (κ3) is 10.0. The van der Waals surface area contributed by atoms with Gasteiger partial charge in [-0.2, -0.15) is 0 Å². The Balaban J connectivity index is 2.88. The third-order valence-corrected chi connectivity index (χ3v) is 12.4. The second-order valence-electron chi connectivity index (χ2n) is 10.3. The minimum absolute atomic E-state index is 0.604. The molecule has 31 heavy (non-hydrogen) atoms. The summed E-state index contributed by atoms with van der Waals surface area (Å²) in [5.41, 5.74) is 1.17. The average Bonchev–Trinajstić information content (AvgIpc) is 2.73. The van der Waals surface area contributed by atoms with Crippen LogP contribution in [0.1, 0.15) is 103 Å². The molecule has 3 heteroatoms. The van der Waals surface area contributed by atoms with E-state index >= 15 is 0 Å². The lowest BCUT2D eigenvalue weighted by atomic mass is 10.1. The predicted octanol–water partition coefficient (Wildman–Crippen LogP) is 9.52. The molecule has 0 amide bonds. The van der Waals surface area contributed by atoms with E-state index in [4.69, 9.17) is 0 Å². The van der Waals surface area contributed by atoms with E-state index in [1.165, 1.54) is 104 Å². The van der Waals surface area contributed by atoms with E-state index in [1.54, 1.807) is 0 Å². The van der Waals surface area contributed by atoms with Gasteiger partial charge in [0.15, 0.2) is 0 Å². The number of hydrogen-bond acceptors (Lipinski definition) is 1. The van der Waals surface area contributed by atoms with Gasteiger partial charge in [0.2, 0.25) is 0 Å². The number of benzene rings is 1. The molecule has 0 aliphatic rings. The van der Waals surface area contributed by atoms with Gasteiger partial charge >= 0.3 is 0 Å². The zero-order valence-corrected chi connectivity index (χ0v) is 23.7. The lowest BCUT2D eigenvalue weighted by molar-refractivity contribution is 0.454. The zero-order valence-electron chi connectivity index (χ0n) is 22.0. The SMILES string of the molecule is CCCCCCCCS(C)(C)c1cc(CC)c(O)c(S(C)(C)CCCCCCCC)c1. The highest BCUT2D eigenvalue weighted by Gasteiger charge is 2.24. The van der Waals surface area contributed by atoms with Crippen LogP contribution in [0.5, 0.6) is 5.75 Å². The summed E-state index contributed by atoms with van der Waals surface area (Å²) in [5, 5.41) is 11.1. The van der Waals surface area contributed by atoms with Crippen LogP contribution in [0, 0.1) is 0 Å². The summed E-state index contributed by atoms with van der Waals surface area (Å²) >= 11 is 0. The highest BCUT2D eigenvalue weighted by atomic mass is 32.3. The quantitative estimate of drug-likeness (QED) is 0.225. The van der Waals surface area contributed by atoms with E-state index in [-0.39, 0.29) is 0 Å². The second-order valence-corrected chi connectivity index (χ2v) is 18.2. The topological polar surface area (TPSA) is 20.2 Å². The largest absolute Gasteiger partial charge is 0.507 e. The van der Waals surface area contributed by atoms with Crippen LogP contribution in [0.3, 0.4) is 0 Å². The van der Waals surface area contributed by atoms with Crippen LogP contribution < -0.4 is 0 Å². The molecule has 1 aromatic rings. The van der Waals surface area contributed by atoms with E-state index < -0.39 is 20.1 Å². The number of rotatable bonds is 17. The smallest absolute Gasteiger partial charge is 0.130 e. The number of hydrogen-bond donors (Lipinski definition) is 1. The molecule has 1 aromatic carbocycles. The molecular weight excluding hydrogens is 416 g/mol. The summed E-state index contributed by atoms with van der Waals surface area (Å²) in [6, 6.07) is 4.76. The molecule has 0 radical (unpaired) electrons. The van der Waals surface area contributed by atoms with Gasteiger partial charge in [-0.3, -0.25) is 0 Å². The fourth-order valence-electron chi connectivity index (χ4n) is 4.36. The Kier molecular flexibility index (Phi) is 13.7. The van der Waals surface area contributed by atoms with Gasteiger partial charge in [0, 0.05) is 4.90 Å². The highest BCUT2D eigenvalue weighted by molar-refractivity contribution is 8.33. The lowest BCUT2D eigenvalue weighted by Gasteiger charge is -2.37. The molecule has 0 fully saturated rings. The van der Waals surface area contributed by atoms with Gasteiger partial charge in [0.1, 0.15) is 5.75 Å². The first-order valence-corrected chi connectivity index (χ1v) is 18.2. The van der Waals surface area contributed by atoms with Crippen LogP contribution >= 0.6 is 20.1 Å². The Bertz CT molecular complexity index is 622. The van der Waals surface area contributed by atoms with Crippen molar-refractivity contribution >= 4 is 20.1 Å². The van der Waals surface area contributed by atoms with Crippen LogP contribution in [0.15, 0.2) is 21.9 Å². The lowest BCUT2D eigenvalue weighted by Crippen LogP contribution is -2.08. The summed E-state index contributed by atoms with van der Waals surface area (Å²) < 4.78 is 0. The highest BCUT2D eigenvalue weighted by Crippen LogP contribution is 2.59. The molecule has 0 saturated carbocycles. The van der Waals surface area contributed by atoms with E-state index in [2.05, 4.69) is 57.9 Å². The molecule has 1 N–H and O–H groups in total. The number of aromatic hydroxyl groups is 1. The van der Waals surface area contributed by atoms with Crippen LogP contribution in [0.4, 0.5) is 0 Å². The van der Waals surface area contributed by atoms with Crippen LogP contribution in [0.2, 0.25) is 0 Å². The Labute approximate surface area is 198 Å². The van der Waals surface area contributed by atoms with Gasteiger partial charge in [-0.25, -0.2) is 20.1 Å². The summed E-state index contributed by atoms with van der Waals surface area (Å²) in [6.45, 7) is 6.76. The van der Waals surface area contributed by atoms with Crippen molar-refractivity contribution in [2.45, 2.75) is 114 Å². The molecule has 1 rings (SSSR count). The molecule has 0 atom stereocenters. The zero-order chi connectivity index (χ0) is 23.3. The molecule has 184 valence electrons. The molecule has 0 aromatic heterocycles. The standard InChI is InChI=1S/C28H54OS2/c1-8-11-13-15-17-19-21-30(4,5)26-23-25(10-3)28(29)27(24-26)31(6,7)22-20-18-16-14-12-9-2/h23-24,29H,8-22H2,1-7H3. The number of unbranched alkanes of at least 4 members (excludes halogenated alkanes) is 10. The maximum absolute atomic E-state index is 11.1. The van der Waals surface area contributed by atoms with Gasteiger partial charge in [0.05, 0.1) is 0 Å².